The lowest BCUT2D eigenvalue weighted by molar-refractivity contribution is -0.124. The topological polar surface area (TPSA) is 96.7 Å². The molecule has 0 aromatic heterocycles. The zero-order chi connectivity index (χ0) is 17.4. The zero-order valence-corrected chi connectivity index (χ0v) is 15.3. The van der Waals surface area contributed by atoms with Crippen LogP contribution in [0.5, 0.6) is 0 Å². The molecule has 2 saturated heterocycles. The molecule has 7 nitrogen and oxygen atoms in total. The molecular weight excluding hydrogens is 328 g/mol. The van der Waals surface area contributed by atoms with E-state index in [0.717, 1.165) is 57.1 Å². The molecule has 2 unspecified atom stereocenters. The molecule has 2 aliphatic heterocycles. The Morgan fingerprint density at radius 2 is 2.12 bits per heavy atom. The lowest BCUT2D eigenvalue weighted by atomic mass is 9.95. The number of thioether (sulfide) groups is 1. The molecule has 0 bridgehead atoms. The summed E-state index contributed by atoms with van der Waals surface area (Å²) in [5, 5.41) is 5.64. The minimum absolute atomic E-state index is 0.00609. The van der Waals surface area contributed by atoms with Crippen molar-refractivity contribution in [3.05, 3.63) is 0 Å². The second kappa shape index (κ2) is 9.48. The molecule has 3 amide bonds. The van der Waals surface area contributed by atoms with E-state index in [1.54, 1.807) is 0 Å². The monoisotopic (exact) mass is 358 g/mol. The van der Waals surface area contributed by atoms with E-state index in [1.165, 1.54) is 0 Å². The molecule has 2 rings (SSSR count). The van der Waals surface area contributed by atoms with Crippen LogP contribution in [0.3, 0.4) is 0 Å². The van der Waals surface area contributed by atoms with Crippen LogP contribution in [0.1, 0.15) is 32.6 Å². The van der Waals surface area contributed by atoms with Crippen LogP contribution in [0.4, 0.5) is 4.79 Å². The molecule has 0 spiro atoms. The number of urea groups is 1. The molecule has 0 aromatic rings. The van der Waals surface area contributed by atoms with Crippen LogP contribution in [-0.2, 0) is 9.53 Å². The number of rotatable bonds is 8. The average Bonchev–Trinajstić information content (AvgIpc) is 3.07. The summed E-state index contributed by atoms with van der Waals surface area (Å²) in [5.74, 6) is 2.01. The first-order valence-electron chi connectivity index (χ1n) is 8.81. The smallest absolute Gasteiger partial charge is 0.312 e. The number of ether oxygens (including phenoxy) is 1. The van der Waals surface area contributed by atoms with E-state index in [2.05, 4.69) is 22.5 Å². The Balaban J connectivity index is 1.93. The number of nitrogens with two attached hydrogens (primary N) is 1. The SMILES string of the molecule is CCCCC(NC(N)=O)C(=O)NCC1(N2CCOCC2)CCSC1. The molecule has 0 saturated carbocycles. The number of nitrogens with one attached hydrogen (secondary N) is 2. The van der Waals surface area contributed by atoms with Gasteiger partial charge in [-0.15, -0.1) is 0 Å². The summed E-state index contributed by atoms with van der Waals surface area (Å²) >= 11 is 1.94. The van der Waals surface area contributed by atoms with Crippen LogP contribution in [0.2, 0.25) is 0 Å². The van der Waals surface area contributed by atoms with Crippen molar-refractivity contribution in [2.75, 3.05) is 44.4 Å². The fraction of sp³-hybridized carbons (Fsp3) is 0.875. The standard InChI is InChI=1S/C16H30N4O3S/c1-2-3-4-13(19-15(17)22)14(21)18-11-16(5-10-24-12-16)20-6-8-23-9-7-20/h13H,2-12H2,1H3,(H,18,21)(H3,17,19,22). The van der Waals surface area contributed by atoms with E-state index in [4.69, 9.17) is 10.5 Å². The summed E-state index contributed by atoms with van der Waals surface area (Å²) in [6.45, 7) is 6.00. The minimum atomic E-state index is -0.648. The van der Waals surface area contributed by atoms with Crippen molar-refractivity contribution in [3.8, 4) is 0 Å². The van der Waals surface area contributed by atoms with Crippen molar-refractivity contribution in [1.82, 2.24) is 15.5 Å². The van der Waals surface area contributed by atoms with Gasteiger partial charge in [-0.25, -0.2) is 4.79 Å². The van der Waals surface area contributed by atoms with Gasteiger partial charge in [0.1, 0.15) is 6.04 Å². The molecule has 8 heteroatoms. The van der Waals surface area contributed by atoms with Gasteiger partial charge in [-0.2, -0.15) is 11.8 Å². The van der Waals surface area contributed by atoms with E-state index in [-0.39, 0.29) is 11.4 Å². The van der Waals surface area contributed by atoms with E-state index < -0.39 is 12.1 Å². The van der Waals surface area contributed by atoms with Crippen LogP contribution in [0.15, 0.2) is 0 Å². The molecule has 2 aliphatic rings. The third kappa shape index (κ3) is 5.26. The predicted molar refractivity (Wildman–Crippen MR) is 96.1 cm³/mol. The van der Waals surface area contributed by atoms with Crippen molar-refractivity contribution in [2.45, 2.75) is 44.2 Å². The minimum Gasteiger partial charge on any atom is -0.379 e. The highest BCUT2D eigenvalue weighted by molar-refractivity contribution is 7.99. The van der Waals surface area contributed by atoms with Gasteiger partial charge in [-0.05, 0) is 18.6 Å². The highest BCUT2D eigenvalue weighted by atomic mass is 32.2. The lowest BCUT2D eigenvalue weighted by Crippen LogP contribution is -2.60. The highest BCUT2D eigenvalue weighted by Gasteiger charge is 2.41. The summed E-state index contributed by atoms with van der Waals surface area (Å²) in [6, 6.07) is -1.19. The third-order valence-electron chi connectivity index (χ3n) is 4.84. The fourth-order valence-corrected chi connectivity index (χ4v) is 4.84. The molecule has 0 aliphatic carbocycles. The predicted octanol–water partition coefficient (Wildman–Crippen LogP) is 0.538. The van der Waals surface area contributed by atoms with Gasteiger partial charge in [0.2, 0.25) is 5.91 Å². The lowest BCUT2D eigenvalue weighted by Gasteiger charge is -2.43. The summed E-state index contributed by atoms with van der Waals surface area (Å²) in [4.78, 5) is 26.1. The molecule has 2 atom stereocenters. The average molecular weight is 359 g/mol. The first-order valence-corrected chi connectivity index (χ1v) is 9.97. The largest absolute Gasteiger partial charge is 0.379 e. The maximum atomic E-state index is 12.5. The molecule has 0 radical (unpaired) electrons. The number of carbonyl (C=O) groups excluding carboxylic acids is 2. The van der Waals surface area contributed by atoms with E-state index >= 15 is 0 Å². The van der Waals surface area contributed by atoms with Crippen LogP contribution >= 0.6 is 11.8 Å². The first-order chi connectivity index (χ1) is 11.6. The number of unbranched alkanes of at least 4 members (excludes halogenated alkanes) is 1. The van der Waals surface area contributed by atoms with Gasteiger partial charge < -0.3 is 21.1 Å². The van der Waals surface area contributed by atoms with Gasteiger partial charge >= 0.3 is 6.03 Å². The van der Waals surface area contributed by atoms with E-state index in [9.17, 15) is 9.59 Å². The first kappa shape index (κ1) is 19.3. The molecule has 2 fully saturated rings. The number of morpholine rings is 1. The third-order valence-corrected chi connectivity index (χ3v) is 6.07. The van der Waals surface area contributed by atoms with Gasteiger partial charge in [0.25, 0.3) is 0 Å². The van der Waals surface area contributed by atoms with Crippen molar-refractivity contribution in [1.29, 1.82) is 0 Å². The Morgan fingerprint density at radius 1 is 1.38 bits per heavy atom. The maximum Gasteiger partial charge on any atom is 0.312 e. The van der Waals surface area contributed by atoms with Gasteiger partial charge in [0, 0.05) is 30.9 Å². The fourth-order valence-electron chi connectivity index (χ4n) is 3.36. The molecule has 2 heterocycles. The van der Waals surface area contributed by atoms with Crippen LogP contribution < -0.4 is 16.4 Å². The number of amides is 3. The van der Waals surface area contributed by atoms with Crippen molar-refractivity contribution >= 4 is 23.7 Å². The Labute approximate surface area is 148 Å². The van der Waals surface area contributed by atoms with E-state index in [0.29, 0.717) is 13.0 Å². The number of hydrogen-bond acceptors (Lipinski definition) is 5. The Kier molecular flexibility index (Phi) is 7.64. The molecule has 24 heavy (non-hydrogen) atoms. The number of nitrogens with zero attached hydrogens (tertiary/aromatic N) is 1. The number of carbonyl (C=O) groups is 2. The van der Waals surface area contributed by atoms with Gasteiger partial charge in [0.05, 0.1) is 13.2 Å². The Hall–Kier alpha value is -0.990. The van der Waals surface area contributed by atoms with Crippen LogP contribution in [0.25, 0.3) is 0 Å². The second-order valence-corrected chi connectivity index (χ2v) is 7.65. The van der Waals surface area contributed by atoms with Gasteiger partial charge in [-0.1, -0.05) is 19.8 Å². The highest BCUT2D eigenvalue weighted by Crippen LogP contribution is 2.33. The summed E-state index contributed by atoms with van der Waals surface area (Å²) in [5.41, 5.74) is 5.21. The van der Waals surface area contributed by atoms with E-state index in [1.807, 2.05) is 11.8 Å². The molecule has 0 aromatic carbocycles. The summed E-state index contributed by atoms with van der Waals surface area (Å²) < 4.78 is 5.46. The molecular formula is C16H30N4O3S. The van der Waals surface area contributed by atoms with Gasteiger partial charge in [-0.3, -0.25) is 9.69 Å². The maximum absolute atomic E-state index is 12.5. The quantitative estimate of drug-likeness (QED) is 0.588. The molecule has 138 valence electrons. The van der Waals surface area contributed by atoms with Crippen molar-refractivity contribution in [3.63, 3.8) is 0 Å². The Morgan fingerprint density at radius 3 is 2.71 bits per heavy atom. The zero-order valence-electron chi connectivity index (χ0n) is 14.5. The van der Waals surface area contributed by atoms with Gasteiger partial charge in [0.15, 0.2) is 0 Å². The second-order valence-electron chi connectivity index (χ2n) is 6.55. The van der Waals surface area contributed by atoms with Crippen LogP contribution in [-0.4, -0.2) is 72.8 Å². The normalized spacial score (nSPS) is 26.0. The van der Waals surface area contributed by atoms with Crippen molar-refractivity contribution in [2.24, 2.45) is 5.73 Å². The Bertz CT molecular complexity index is 424. The molecule has 4 N–H and O–H groups in total. The van der Waals surface area contributed by atoms with Crippen LogP contribution in [0, 0.1) is 0 Å². The summed E-state index contributed by atoms with van der Waals surface area (Å²) in [6.07, 6.45) is 3.53. The number of primary amides is 1. The van der Waals surface area contributed by atoms with Crippen molar-refractivity contribution < 1.29 is 14.3 Å². The summed E-state index contributed by atoms with van der Waals surface area (Å²) in [7, 11) is 0. The number of hydrogen-bond donors (Lipinski definition) is 3.